The first-order chi connectivity index (χ1) is 9.28. The molecule has 1 aromatic heterocycles. The lowest BCUT2D eigenvalue weighted by atomic mass is 10.1. The lowest BCUT2D eigenvalue weighted by molar-refractivity contribution is 0.575. The van der Waals surface area contributed by atoms with E-state index in [4.69, 9.17) is 0 Å². The molecule has 0 saturated carbocycles. The molecule has 0 saturated heterocycles. The second-order valence-corrected chi connectivity index (χ2v) is 6.49. The molecular formula is C15H18FNS2. The van der Waals surface area contributed by atoms with Crippen molar-refractivity contribution in [3.63, 3.8) is 0 Å². The van der Waals surface area contributed by atoms with Crippen molar-refractivity contribution in [2.24, 2.45) is 0 Å². The molecule has 102 valence electrons. The van der Waals surface area contributed by atoms with Gasteiger partial charge >= 0.3 is 0 Å². The molecule has 1 atom stereocenters. The van der Waals surface area contributed by atoms with Gasteiger partial charge in [-0.3, -0.25) is 0 Å². The third-order valence-corrected chi connectivity index (χ3v) is 5.10. The van der Waals surface area contributed by atoms with Gasteiger partial charge in [-0.05, 0) is 55.6 Å². The van der Waals surface area contributed by atoms with Gasteiger partial charge in [-0.1, -0.05) is 6.07 Å². The largest absolute Gasteiger partial charge is 0.316 e. The first kappa shape index (κ1) is 14.6. The number of halogens is 1. The second kappa shape index (κ2) is 7.68. The molecule has 1 aromatic carbocycles. The van der Waals surface area contributed by atoms with Gasteiger partial charge in [0.1, 0.15) is 5.82 Å². The number of hydrogen-bond donors (Lipinski definition) is 1. The fourth-order valence-corrected chi connectivity index (χ4v) is 3.59. The second-order valence-electron chi connectivity index (χ2n) is 4.37. The van der Waals surface area contributed by atoms with Crippen LogP contribution in [0.25, 0.3) is 0 Å². The molecule has 1 nitrogen and oxygen atoms in total. The third-order valence-electron chi connectivity index (χ3n) is 2.99. The Morgan fingerprint density at radius 2 is 2.05 bits per heavy atom. The Hall–Kier alpha value is -0.840. The minimum atomic E-state index is -0.174. The quantitative estimate of drug-likeness (QED) is 0.768. The summed E-state index contributed by atoms with van der Waals surface area (Å²) in [5.41, 5.74) is 0. The van der Waals surface area contributed by atoms with Gasteiger partial charge in [-0.25, -0.2) is 4.39 Å². The summed E-state index contributed by atoms with van der Waals surface area (Å²) >= 11 is 3.59. The van der Waals surface area contributed by atoms with Crippen LogP contribution in [0.15, 0.2) is 46.7 Å². The van der Waals surface area contributed by atoms with Crippen LogP contribution >= 0.6 is 23.1 Å². The number of thiophene rings is 1. The summed E-state index contributed by atoms with van der Waals surface area (Å²) in [7, 11) is 2.00. The van der Waals surface area contributed by atoms with Gasteiger partial charge < -0.3 is 5.32 Å². The topological polar surface area (TPSA) is 12.0 Å². The Labute approximate surface area is 122 Å². The molecule has 1 N–H and O–H groups in total. The smallest absolute Gasteiger partial charge is 0.123 e. The molecule has 0 radical (unpaired) electrons. The normalized spacial score (nSPS) is 12.5. The summed E-state index contributed by atoms with van der Waals surface area (Å²) < 4.78 is 12.8. The average molecular weight is 295 g/mol. The van der Waals surface area contributed by atoms with E-state index in [1.807, 2.05) is 30.5 Å². The van der Waals surface area contributed by atoms with Crippen molar-refractivity contribution in [3.8, 4) is 0 Å². The lowest BCUT2D eigenvalue weighted by Crippen LogP contribution is -2.28. The van der Waals surface area contributed by atoms with Gasteiger partial charge in [0.15, 0.2) is 0 Å². The van der Waals surface area contributed by atoms with E-state index in [1.54, 1.807) is 11.8 Å². The molecule has 0 spiro atoms. The summed E-state index contributed by atoms with van der Waals surface area (Å²) in [6.07, 6.45) is 2.25. The number of rotatable bonds is 7. The van der Waals surface area contributed by atoms with Crippen molar-refractivity contribution in [2.45, 2.75) is 23.8 Å². The van der Waals surface area contributed by atoms with E-state index in [2.05, 4.69) is 22.8 Å². The summed E-state index contributed by atoms with van der Waals surface area (Å²) in [5, 5.41) is 5.48. The molecule has 2 rings (SSSR count). The van der Waals surface area contributed by atoms with E-state index in [0.717, 1.165) is 23.5 Å². The molecule has 0 bridgehead atoms. The van der Waals surface area contributed by atoms with Crippen molar-refractivity contribution in [2.75, 3.05) is 12.8 Å². The number of nitrogens with one attached hydrogen (secondary N) is 1. The van der Waals surface area contributed by atoms with Gasteiger partial charge in [0, 0.05) is 21.6 Å². The first-order valence-electron chi connectivity index (χ1n) is 6.36. The van der Waals surface area contributed by atoms with E-state index in [-0.39, 0.29) is 5.82 Å². The summed E-state index contributed by atoms with van der Waals surface area (Å²) in [4.78, 5) is 2.56. The fourth-order valence-electron chi connectivity index (χ4n) is 1.81. The molecule has 0 aliphatic rings. The summed E-state index contributed by atoms with van der Waals surface area (Å²) in [6.45, 7) is 0. The molecule has 19 heavy (non-hydrogen) atoms. The lowest BCUT2D eigenvalue weighted by Gasteiger charge is -2.15. The van der Waals surface area contributed by atoms with Gasteiger partial charge in [0.05, 0.1) is 0 Å². The molecule has 4 heteroatoms. The first-order valence-corrected chi connectivity index (χ1v) is 8.22. The summed E-state index contributed by atoms with van der Waals surface area (Å²) in [5.74, 6) is 0.834. The highest BCUT2D eigenvalue weighted by atomic mass is 32.2. The van der Waals surface area contributed by atoms with E-state index in [0.29, 0.717) is 6.04 Å². The van der Waals surface area contributed by atoms with Gasteiger partial charge in [0.25, 0.3) is 0 Å². The fraction of sp³-hybridized carbons (Fsp3) is 0.333. The molecular weight excluding hydrogens is 277 g/mol. The molecule has 0 fully saturated rings. The standard InChI is InChI=1S/C15H18FNS2/c1-17-13(6-9-14-3-2-10-18-14)11-19-15-7-4-12(16)5-8-15/h2-5,7-8,10,13,17H,6,9,11H2,1H3. The van der Waals surface area contributed by atoms with Gasteiger partial charge in [0.2, 0.25) is 0 Å². The van der Waals surface area contributed by atoms with Crippen molar-refractivity contribution >= 4 is 23.1 Å². The van der Waals surface area contributed by atoms with Crippen LogP contribution in [0.1, 0.15) is 11.3 Å². The van der Waals surface area contributed by atoms with Crippen LogP contribution in [0.5, 0.6) is 0 Å². The molecule has 0 aliphatic carbocycles. The number of benzene rings is 1. The Morgan fingerprint density at radius 1 is 1.26 bits per heavy atom. The number of aryl methyl sites for hydroxylation is 1. The van der Waals surface area contributed by atoms with Crippen LogP contribution in [-0.2, 0) is 6.42 Å². The van der Waals surface area contributed by atoms with Crippen molar-refractivity contribution in [3.05, 3.63) is 52.5 Å². The van der Waals surface area contributed by atoms with E-state index in [1.165, 1.54) is 17.0 Å². The van der Waals surface area contributed by atoms with E-state index < -0.39 is 0 Å². The summed E-state index contributed by atoms with van der Waals surface area (Å²) in [6, 6.07) is 11.5. The highest BCUT2D eigenvalue weighted by Gasteiger charge is 2.07. The van der Waals surface area contributed by atoms with Crippen LogP contribution in [0, 0.1) is 5.82 Å². The van der Waals surface area contributed by atoms with Crippen LogP contribution < -0.4 is 5.32 Å². The predicted molar refractivity (Wildman–Crippen MR) is 82.6 cm³/mol. The highest BCUT2D eigenvalue weighted by Crippen LogP contribution is 2.21. The Morgan fingerprint density at radius 3 is 2.68 bits per heavy atom. The van der Waals surface area contributed by atoms with Crippen molar-refractivity contribution < 1.29 is 4.39 Å². The van der Waals surface area contributed by atoms with Crippen molar-refractivity contribution in [1.82, 2.24) is 5.32 Å². The maximum absolute atomic E-state index is 12.8. The zero-order valence-electron chi connectivity index (χ0n) is 10.9. The molecule has 0 aliphatic heterocycles. The van der Waals surface area contributed by atoms with Crippen LogP contribution in [0.2, 0.25) is 0 Å². The monoisotopic (exact) mass is 295 g/mol. The predicted octanol–water partition coefficient (Wildman–Crippen LogP) is 4.20. The third kappa shape index (κ3) is 4.97. The zero-order chi connectivity index (χ0) is 13.5. The van der Waals surface area contributed by atoms with Crippen LogP contribution in [-0.4, -0.2) is 18.8 Å². The Kier molecular flexibility index (Phi) is 5.89. The minimum Gasteiger partial charge on any atom is -0.316 e. The van der Waals surface area contributed by atoms with E-state index >= 15 is 0 Å². The van der Waals surface area contributed by atoms with Gasteiger partial charge in [-0.2, -0.15) is 0 Å². The SMILES string of the molecule is CNC(CCc1cccs1)CSc1ccc(F)cc1. The van der Waals surface area contributed by atoms with Crippen LogP contribution in [0.4, 0.5) is 4.39 Å². The zero-order valence-corrected chi connectivity index (χ0v) is 12.6. The molecule has 2 aromatic rings. The maximum Gasteiger partial charge on any atom is 0.123 e. The average Bonchev–Trinajstić information content (AvgIpc) is 2.94. The van der Waals surface area contributed by atoms with E-state index in [9.17, 15) is 4.39 Å². The molecule has 1 heterocycles. The maximum atomic E-state index is 12.8. The molecule has 0 amide bonds. The number of thioether (sulfide) groups is 1. The minimum absolute atomic E-state index is 0.174. The Bertz CT molecular complexity index is 467. The van der Waals surface area contributed by atoms with Crippen LogP contribution in [0.3, 0.4) is 0 Å². The Balaban J connectivity index is 1.77. The van der Waals surface area contributed by atoms with Crippen molar-refractivity contribution in [1.29, 1.82) is 0 Å². The van der Waals surface area contributed by atoms with Gasteiger partial charge in [-0.15, -0.1) is 23.1 Å². The number of hydrogen-bond acceptors (Lipinski definition) is 3. The molecule has 1 unspecified atom stereocenters. The highest BCUT2D eigenvalue weighted by molar-refractivity contribution is 7.99.